The Morgan fingerprint density at radius 1 is 1.00 bits per heavy atom. The Labute approximate surface area is 99.9 Å². The molecule has 86 valence electrons. The van der Waals surface area contributed by atoms with Crippen molar-refractivity contribution < 1.29 is 0 Å². The minimum absolute atomic E-state index is 0.289. The lowest BCUT2D eigenvalue weighted by Gasteiger charge is -2.19. The summed E-state index contributed by atoms with van der Waals surface area (Å²) < 4.78 is 2.01. The number of aryl methyl sites for hydroxylation is 3. The van der Waals surface area contributed by atoms with E-state index in [1.807, 2.05) is 4.57 Å². The van der Waals surface area contributed by atoms with Gasteiger partial charge in [0.25, 0.3) is 5.56 Å². The number of para-hydroxylation sites is 1. The number of pyridine rings is 1. The highest BCUT2D eigenvalue weighted by Gasteiger charge is 2.23. The Morgan fingerprint density at radius 2 is 1.82 bits per heavy atom. The Bertz CT molecular complexity index is 681. The predicted molar refractivity (Wildman–Crippen MR) is 68.6 cm³/mol. The average Bonchev–Trinajstić information content (AvgIpc) is 2.81. The summed E-state index contributed by atoms with van der Waals surface area (Å²) in [7, 11) is 0. The Hall–Kier alpha value is -1.57. The van der Waals surface area contributed by atoms with Crippen molar-refractivity contribution in [2.24, 2.45) is 0 Å². The molecule has 1 aliphatic carbocycles. The maximum atomic E-state index is 12.5. The molecule has 2 heteroatoms. The summed E-state index contributed by atoms with van der Waals surface area (Å²) in [4.78, 5) is 12.5. The largest absolute Gasteiger partial charge is 0.307 e. The highest BCUT2D eigenvalue weighted by atomic mass is 16.1. The molecule has 0 N–H and O–H groups in total. The summed E-state index contributed by atoms with van der Waals surface area (Å²) in [5.41, 5.74) is 5.31. The highest BCUT2D eigenvalue weighted by Crippen LogP contribution is 2.31. The summed E-state index contributed by atoms with van der Waals surface area (Å²) in [6, 6.07) is 6.51. The van der Waals surface area contributed by atoms with Crippen molar-refractivity contribution in [2.75, 3.05) is 0 Å². The molecule has 0 atom stereocenters. The fraction of sp³-hybridized carbons (Fsp3) is 0.400. The summed E-state index contributed by atoms with van der Waals surface area (Å²) in [5.74, 6) is 0. The van der Waals surface area contributed by atoms with Crippen LogP contribution in [0.25, 0.3) is 10.9 Å². The van der Waals surface area contributed by atoms with Gasteiger partial charge in [0.1, 0.15) is 0 Å². The van der Waals surface area contributed by atoms with Crippen molar-refractivity contribution in [3.05, 3.63) is 45.2 Å². The normalized spacial score (nSPS) is 17.4. The molecule has 17 heavy (non-hydrogen) atoms. The summed E-state index contributed by atoms with van der Waals surface area (Å²) in [5, 5.41) is 1.34. The molecule has 0 amide bonds. The van der Waals surface area contributed by atoms with Gasteiger partial charge >= 0.3 is 0 Å². The molecular weight excluding hydrogens is 210 g/mol. The standard InChI is InChI=1S/C15H15NO/c17-15-13-6-2-1-5-11(13)12-7-3-4-10-8-9-16(15)14(10)12/h3-4,7H,1-2,5-6,8-9H2. The van der Waals surface area contributed by atoms with Gasteiger partial charge in [0, 0.05) is 17.5 Å². The molecule has 1 aromatic carbocycles. The Morgan fingerprint density at radius 3 is 2.71 bits per heavy atom. The van der Waals surface area contributed by atoms with E-state index in [4.69, 9.17) is 0 Å². The second kappa shape index (κ2) is 3.22. The molecule has 0 fully saturated rings. The molecule has 0 bridgehead atoms. The second-order valence-electron chi connectivity index (χ2n) is 5.18. The molecule has 0 saturated carbocycles. The van der Waals surface area contributed by atoms with Crippen molar-refractivity contribution in [2.45, 2.75) is 38.6 Å². The van der Waals surface area contributed by atoms with E-state index in [1.54, 1.807) is 0 Å². The van der Waals surface area contributed by atoms with E-state index < -0.39 is 0 Å². The zero-order valence-electron chi connectivity index (χ0n) is 9.83. The molecule has 0 saturated heterocycles. The van der Waals surface area contributed by atoms with Crippen molar-refractivity contribution >= 4 is 10.9 Å². The van der Waals surface area contributed by atoms with E-state index in [-0.39, 0.29) is 5.56 Å². The highest BCUT2D eigenvalue weighted by molar-refractivity contribution is 5.87. The first-order chi connectivity index (χ1) is 8.36. The first kappa shape index (κ1) is 9.46. The number of hydrogen-bond donors (Lipinski definition) is 0. The number of nitrogens with zero attached hydrogens (tertiary/aromatic N) is 1. The van der Waals surface area contributed by atoms with Gasteiger partial charge in [-0.1, -0.05) is 18.2 Å². The fourth-order valence-corrected chi connectivity index (χ4v) is 3.50. The average molecular weight is 225 g/mol. The van der Waals surface area contributed by atoms with Crippen LogP contribution in [0.2, 0.25) is 0 Å². The van der Waals surface area contributed by atoms with Gasteiger partial charge in [-0.25, -0.2) is 0 Å². The van der Waals surface area contributed by atoms with Crippen LogP contribution < -0.4 is 5.56 Å². The van der Waals surface area contributed by atoms with Crippen LogP contribution in [-0.2, 0) is 25.8 Å². The summed E-state index contributed by atoms with van der Waals surface area (Å²) in [6.45, 7) is 0.877. The monoisotopic (exact) mass is 225 g/mol. The molecule has 1 aliphatic heterocycles. The maximum absolute atomic E-state index is 12.5. The van der Waals surface area contributed by atoms with Gasteiger partial charge < -0.3 is 4.57 Å². The minimum atomic E-state index is 0.289. The lowest BCUT2D eigenvalue weighted by Crippen LogP contribution is -2.26. The minimum Gasteiger partial charge on any atom is -0.307 e. The zero-order chi connectivity index (χ0) is 11.4. The summed E-state index contributed by atoms with van der Waals surface area (Å²) >= 11 is 0. The smallest absolute Gasteiger partial charge is 0.254 e. The Kier molecular flexibility index (Phi) is 1.79. The lowest BCUT2D eigenvalue weighted by molar-refractivity contribution is 0.659. The van der Waals surface area contributed by atoms with E-state index >= 15 is 0 Å². The molecule has 0 unspecified atom stereocenters. The molecular formula is C15H15NO. The van der Waals surface area contributed by atoms with Crippen molar-refractivity contribution in [1.29, 1.82) is 0 Å². The molecule has 1 aromatic heterocycles. The van der Waals surface area contributed by atoms with E-state index in [0.717, 1.165) is 31.4 Å². The molecule has 2 aromatic rings. The number of aromatic nitrogens is 1. The van der Waals surface area contributed by atoms with Crippen LogP contribution in [-0.4, -0.2) is 4.57 Å². The van der Waals surface area contributed by atoms with Crippen LogP contribution in [0.15, 0.2) is 23.0 Å². The fourth-order valence-electron chi connectivity index (χ4n) is 3.50. The van der Waals surface area contributed by atoms with Gasteiger partial charge in [0.15, 0.2) is 0 Å². The third-order valence-corrected chi connectivity index (χ3v) is 4.29. The van der Waals surface area contributed by atoms with Gasteiger partial charge in [-0.3, -0.25) is 4.79 Å². The summed E-state index contributed by atoms with van der Waals surface area (Å²) in [6.07, 6.45) is 5.50. The second-order valence-corrected chi connectivity index (χ2v) is 5.18. The topological polar surface area (TPSA) is 22.0 Å². The van der Waals surface area contributed by atoms with Gasteiger partial charge in [-0.2, -0.15) is 0 Å². The van der Waals surface area contributed by atoms with Gasteiger partial charge in [-0.05, 0) is 43.2 Å². The predicted octanol–water partition coefficient (Wildman–Crippen LogP) is 2.44. The first-order valence-corrected chi connectivity index (χ1v) is 6.52. The quantitative estimate of drug-likeness (QED) is 0.675. The Balaban J connectivity index is 2.24. The molecule has 4 rings (SSSR count). The number of benzene rings is 1. The SMILES string of the molecule is O=c1c2c(c3cccc4c3n1CC4)CCCC2. The molecule has 2 nitrogen and oxygen atoms in total. The van der Waals surface area contributed by atoms with Gasteiger partial charge in [0.05, 0.1) is 5.52 Å². The van der Waals surface area contributed by atoms with Crippen LogP contribution >= 0.6 is 0 Å². The van der Waals surface area contributed by atoms with Crippen LogP contribution in [0.5, 0.6) is 0 Å². The number of fused-ring (bicyclic) bond motifs is 2. The molecule has 2 heterocycles. The first-order valence-electron chi connectivity index (χ1n) is 6.52. The molecule has 2 aliphatic rings. The van der Waals surface area contributed by atoms with Crippen LogP contribution in [0.4, 0.5) is 0 Å². The van der Waals surface area contributed by atoms with Crippen LogP contribution in [0.1, 0.15) is 29.5 Å². The van der Waals surface area contributed by atoms with E-state index in [0.29, 0.717) is 0 Å². The third kappa shape index (κ3) is 1.13. The van der Waals surface area contributed by atoms with Gasteiger partial charge in [0.2, 0.25) is 0 Å². The van der Waals surface area contributed by atoms with Crippen LogP contribution in [0, 0.1) is 0 Å². The van der Waals surface area contributed by atoms with E-state index in [9.17, 15) is 4.79 Å². The molecule has 0 spiro atoms. The van der Waals surface area contributed by atoms with Crippen molar-refractivity contribution in [3.63, 3.8) is 0 Å². The van der Waals surface area contributed by atoms with E-state index in [2.05, 4.69) is 18.2 Å². The van der Waals surface area contributed by atoms with Crippen molar-refractivity contribution in [3.8, 4) is 0 Å². The van der Waals surface area contributed by atoms with E-state index in [1.165, 1.54) is 34.9 Å². The number of rotatable bonds is 0. The van der Waals surface area contributed by atoms with Crippen molar-refractivity contribution in [1.82, 2.24) is 4.57 Å². The zero-order valence-corrected chi connectivity index (χ0v) is 9.83. The lowest BCUT2D eigenvalue weighted by atomic mass is 9.89. The maximum Gasteiger partial charge on any atom is 0.254 e. The van der Waals surface area contributed by atoms with Gasteiger partial charge in [-0.15, -0.1) is 0 Å². The molecule has 0 radical (unpaired) electrons. The van der Waals surface area contributed by atoms with Crippen LogP contribution in [0.3, 0.4) is 0 Å². The number of hydrogen-bond acceptors (Lipinski definition) is 1. The third-order valence-electron chi connectivity index (χ3n) is 4.29.